The SMILES string of the molecule is Cl.Cn1nc2c(c1C(=O)N1CCC[C@]3(CNCC[C@@H]3O)C1)CCCC2. The molecule has 1 aliphatic carbocycles. The van der Waals surface area contributed by atoms with Gasteiger partial charge >= 0.3 is 0 Å². The van der Waals surface area contributed by atoms with E-state index in [1.165, 1.54) is 6.42 Å². The van der Waals surface area contributed by atoms with Crippen molar-refractivity contribution in [1.82, 2.24) is 20.0 Å². The summed E-state index contributed by atoms with van der Waals surface area (Å²) in [5.41, 5.74) is 2.87. The second-order valence-corrected chi connectivity index (χ2v) is 7.78. The molecule has 0 radical (unpaired) electrons. The van der Waals surface area contributed by atoms with Crippen LogP contribution in [0.1, 0.15) is 53.8 Å². The molecule has 0 bridgehead atoms. The summed E-state index contributed by atoms with van der Waals surface area (Å²) in [5.74, 6) is 0.102. The lowest BCUT2D eigenvalue weighted by atomic mass is 9.72. The van der Waals surface area contributed by atoms with E-state index >= 15 is 0 Å². The molecule has 2 fully saturated rings. The lowest BCUT2D eigenvalue weighted by Crippen LogP contribution is -2.59. The lowest BCUT2D eigenvalue weighted by Gasteiger charge is -2.48. The van der Waals surface area contributed by atoms with Gasteiger partial charge in [0, 0.05) is 37.7 Å². The molecule has 25 heavy (non-hydrogen) atoms. The first-order valence-electron chi connectivity index (χ1n) is 9.33. The largest absolute Gasteiger partial charge is 0.392 e. The fraction of sp³-hybridized carbons (Fsp3) is 0.778. The maximum atomic E-state index is 13.2. The summed E-state index contributed by atoms with van der Waals surface area (Å²) >= 11 is 0. The normalized spacial score (nSPS) is 29.2. The molecule has 2 saturated heterocycles. The zero-order valence-electron chi connectivity index (χ0n) is 15.0. The Morgan fingerprint density at radius 3 is 2.92 bits per heavy atom. The van der Waals surface area contributed by atoms with E-state index in [9.17, 15) is 9.90 Å². The van der Waals surface area contributed by atoms with Gasteiger partial charge in [-0.2, -0.15) is 5.10 Å². The predicted octanol–water partition coefficient (Wildman–Crippen LogP) is 1.30. The third-order valence-corrected chi connectivity index (χ3v) is 6.20. The van der Waals surface area contributed by atoms with E-state index in [1.54, 1.807) is 4.68 Å². The van der Waals surface area contributed by atoms with E-state index < -0.39 is 0 Å². The van der Waals surface area contributed by atoms with Crippen LogP contribution in [0, 0.1) is 5.41 Å². The van der Waals surface area contributed by atoms with Gasteiger partial charge in [0.2, 0.25) is 0 Å². The number of aromatic nitrogens is 2. The van der Waals surface area contributed by atoms with Gasteiger partial charge in [0.25, 0.3) is 5.91 Å². The Hall–Kier alpha value is -1.11. The molecule has 1 spiro atoms. The first-order valence-corrected chi connectivity index (χ1v) is 9.33. The summed E-state index contributed by atoms with van der Waals surface area (Å²) in [6, 6.07) is 0. The zero-order valence-corrected chi connectivity index (χ0v) is 15.8. The molecule has 3 heterocycles. The second-order valence-electron chi connectivity index (χ2n) is 7.78. The molecule has 0 aromatic carbocycles. The van der Waals surface area contributed by atoms with Gasteiger partial charge in [0.1, 0.15) is 5.69 Å². The van der Waals surface area contributed by atoms with Gasteiger partial charge in [-0.15, -0.1) is 12.4 Å². The summed E-state index contributed by atoms with van der Waals surface area (Å²) in [7, 11) is 1.89. The van der Waals surface area contributed by atoms with Crippen LogP contribution in [0.5, 0.6) is 0 Å². The number of carbonyl (C=O) groups is 1. The van der Waals surface area contributed by atoms with Crippen LogP contribution >= 0.6 is 12.4 Å². The van der Waals surface area contributed by atoms with Crippen molar-refractivity contribution in [2.24, 2.45) is 12.5 Å². The molecule has 1 aromatic rings. The summed E-state index contributed by atoms with van der Waals surface area (Å²) in [4.78, 5) is 15.2. The molecular weight excluding hydrogens is 340 g/mol. The quantitative estimate of drug-likeness (QED) is 0.783. The van der Waals surface area contributed by atoms with Crippen molar-refractivity contribution in [2.45, 2.75) is 51.0 Å². The highest BCUT2D eigenvalue weighted by molar-refractivity contribution is 5.94. The number of hydrogen-bond donors (Lipinski definition) is 2. The number of halogens is 1. The number of nitrogens with one attached hydrogen (secondary N) is 1. The first kappa shape index (κ1) is 18.7. The van der Waals surface area contributed by atoms with Gasteiger partial charge in [-0.25, -0.2) is 0 Å². The second kappa shape index (κ2) is 7.25. The molecule has 0 unspecified atom stereocenters. The number of nitrogens with zero attached hydrogens (tertiary/aromatic N) is 3. The molecule has 7 heteroatoms. The Morgan fingerprint density at radius 2 is 2.12 bits per heavy atom. The highest BCUT2D eigenvalue weighted by Gasteiger charge is 2.44. The molecule has 2 atom stereocenters. The van der Waals surface area contributed by atoms with Crippen LogP contribution in [-0.2, 0) is 19.9 Å². The number of aliphatic hydroxyl groups is 1. The lowest BCUT2D eigenvalue weighted by molar-refractivity contribution is -0.0435. The number of fused-ring (bicyclic) bond motifs is 1. The Bertz CT molecular complexity index is 643. The van der Waals surface area contributed by atoms with E-state index in [2.05, 4.69) is 10.4 Å². The number of piperidine rings is 2. The minimum Gasteiger partial charge on any atom is -0.392 e. The molecule has 0 saturated carbocycles. The van der Waals surface area contributed by atoms with Crippen LogP contribution in [0.25, 0.3) is 0 Å². The number of aryl methyl sites for hydroxylation is 2. The molecule has 3 aliphatic rings. The van der Waals surface area contributed by atoms with E-state index in [4.69, 9.17) is 0 Å². The fourth-order valence-corrected chi connectivity index (χ4v) is 4.85. The van der Waals surface area contributed by atoms with Crippen LogP contribution in [0.4, 0.5) is 0 Å². The van der Waals surface area contributed by atoms with Crippen molar-refractivity contribution in [3.8, 4) is 0 Å². The van der Waals surface area contributed by atoms with Crippen molar-refractivity contribution in [3.05, 3.63) is 17.0 Å². The smallest absolute Gasteiger partial charge is 0.272 e. The van der Waals surface area contributed by atoms with Crippen LogP contribution in [0.2, 0.25) is 0 Å². The summed E-state index contributed by atoms with van der Waals surface area (Å²) in [6.07, 6.45) is 6.70. The summed E-state index contributed by atoms with van der Waals surface area (Å²) in [6.45, 7) is 3.11. The molecule has 2 aliphatic heterocycles. The minimum atomic E-state index is -0.310. The van der Waals surface area contributed by atoms with E-state index in [0.29, 0.717) is 6.54 Å². The van der Waals surface area contributed by atoms with Crippen molar-refractivity contribution in [2.75, 3.05) is 26.2 Å². The maximum absolute atomic E-state index is 13.2. The molecule has 1 amide bonds. The van der Waals surface area contributed by atoms with Crippen LogP contribution in [0.15, 0.2) is 0 Å². The van der Waals surface area contributed by atoms with Crippen molar-refractivity contribution in [3.63, 3.8) is 0 Å². The maximum Gasteiger partial charge on any atom is 0.272 e. The molecule has 2 N–H and O–H groups in total. The topological polar surface area (TPSA) is 70.4 Å². The third kappa shape index (κ3) is 3.20. The Kier molecular flexibility index (Phi) is 5.42. The van der Waals surface area contributed by atoms with Crippen LogP contribution < -0.4 is 5.32 Å². The van der Waals surface area contributed by atoms with Crippen LogP contribution in [0.3, 0.4) is 0 Å². The number of aliphatic hydroxyl groups excluding tert-OH is 1. The van der Waals surface area contributed by atoms with Gasteiger partial charge < -0.3 is 15.3 Å². The van der Waals surface area contributed by atoms with Gasteiger partial charge in [-0.05, 0) is 51.5 Å². The van der Waals surface area contributed by atoms with Gasteiger partial charge in [0.15, 0.2) is 0 Å². The molecular formula is C18H29ClN4O2. The van der Waals surface area contributed by atoms with Crippen molar-refractivity contribution >= 4 is 18.3 Å². The highest BCUT2D eigenvalue weighted by Crippen LogP contribution is 2.37. The van der Waals surface area contributed by atoms with Gasteiger partial charge in [-0.3, -0.25) is 9.48 Å². The number of hydrogen-bond acceptors (Lipinski definition) is 4. The van der Waals surface area contributed by atoms with E-state index in [0.717, 1.165) is 75.1 Å². The number of rotatable bonds is 1. The van der Waals surface area contributed by atoms with Gasteiger partial charge in [-0.1, -0.05) is 0 Å². The number of likely N-dealkylation sites (tertiary alicyclic amines) is 1. The Balaban J connectivity index is 0.00000182. The first-order chi connectivity index (χ1) is 11.6. The Labute approximate surface area is 155 Å². The standard InChI is InChI=1S/C18H28N4O2.ClH/c1-21-16(13-5-2-3-6-14(13)20-21)17(24)22-10-4-8-18(12-22)11-19-9-7-15(18)23;/h15,19,23H,2-12H2,1H3;1H/t15-,18-;/m0./s1. The van der Waals surface area contributed by atoms with E-state index in [1.807, 2.05) is 11.9 Å². The molecule has 6 nitrogen and oxygen atoms in total. The number of carbonyl (C=O) groups excluding carboxylic acids is 1. The van der Waals surface area contributed by atoms with Crippen LogP contribution in [-0.4, -0.2) is 58.0 Å². The van der Waals surface area contributed by atoms with Gasteiger partial charge in [0.05, 0.1) is 11.8 Å². The number of amides is 1. The monoisotopic (exact) mass is 368 g/mol. The molecule has 4 rings (SSSR count). The summed E-state index contributed by atoms with van der Waals surface area (Å²) < 4.78 is 1.79. The summed E-state index contributed by atoms with van der Waals surface area (Å²) in [5, 5.41) is 18.6. The fourth-order valence-electron chi connectivity index (χ4n) is 4.85. The zero-order chi connectivity index (χ0) is 16.7. The highest BCUT2D eigenvalue weighted by atomic mass is 35.5. The predicted molar refractivity (Wildman–Crippen MR) is 98.2 cm³/mol. The third-order valence-electron chi connectivity index (χ3n) is 6.20. The van der Waals surface area contributed by atoms with Crippen molar-refractivity contribution < 1.29 is 9.90 Å². The van der Waals surface area contributed by atoms with Crippen molar-refractivity contribution in [1.29, 1.82) is 0 Å². The average Bonchev–Trinajstić information content (AvgIpc) is 2.93. The minimum absolute atomic E-state index is 0. The molecule has 1 aromatic heterocycles. The van der Waals surface area contributed by atoms with E-state index in [-0.39, 0.29) is 29.8 Å². The molecule has 140 valence electrons. The Morgan fingerprint density at radius 1 is 1.32 bits per heavy atom. The average molecular weight is 369 g/mol.